The zero-order chi connectivity index (χ0) is 19.0. The maximum atomic E-state index is 12.9. The molecule has 0 aliphatic heterocycles. The van der Waals surface area contributed by atoms with Crippen LogP contribution >= 0.6 is 34.3 Å². The number of hydrogen-bond donors (Lipinski definition) is 0. The number of rotatable bonds is 5. The Bertz CT molecular complexity index is 1110. The molecule has 5 nitrogen and oxygen atoms in total. The molecule has 138 valence electrons. The smallest absolute Gasteiger partial charge is 0.271 e. The molecule has 0 atom stereocenters. The van der Waals surface area contributed by atoms with Gasteiger partial charge in [-0.3, -0.25) is 9.20 Å². The molecule has 27 heavy (non-hydrogen) atoms. The van der Waals surface area contributed by atoms with Crippen molar-refractivity contribution in [2.24, 2.45) is 0 Å². The molecule has 0 saturated heterocycles. The van der Waals surface area contributed by atoms with Crippen LogP contribution in [0.1, 0.15) is 21.1 Å². The molecule has 0 radical (unpaired) electrons. The lowest BCUT2D eigenvalue weighted by molar-refractivity contribution is 0.0790. The van der Waals surface area contributed by atoms with Crippen molar-refractivity contribution in [3.63, 3.8) is 0 Å². The van der Waals surface area contributed by atoms with Crippen LogP contribution in [0.2, 0.25) is 5.02 Å². The Morgan fingerprint density at radius 1 is 1.30 bits per heavy atom. The second kappa shape index (κ2) is 7.42. The fourth-order valence-corrected chi connectivity index (χ4v) is 4.72. The van der Waals surface area contributed by atoms with Crippen LogP contribution in [-0.2, 0) is 6.42 Å². The minimum Gasteiger partial charge on any atom is -0.340 e. The first kappa shape index (κ1) is 18.2. The predicted octanol–water partition coefficient (Wildman–Crippen LogP) is 4.80. The molecule has 1 amide bonds. The Morgan fingerprint density at radius 2 is 2.11 bits per heavy atom. The number of aryl methyl sites for hydroxylation is 1. The van der Waals surface area contributed by atoms with Gasteiger partial charge in [0.25, 0.3) is 5.91 Å². The number of likely N-dealkylation sites (N-methyl/N-ethyl adjacent to an activating group) is 1. The molecule has 8 heteroatoms. The quantitative estimate of drug-likeness (QED) is 0.469. The van der Waals surface area contributed by atoms with Crippen LogP contribution in [-0.4, -0.2) is 38.8 Å². The minimum atomic E-state index is -0.0217. The molecule has 4 aromatic rings. The summed E-state index contributed by atoms with van der Waals surface area (Å²) in [6.45, 7) is 2.64. The number of carbonyl (C=O) groups excluding carboxylic acids is 1. The average molecular weight is 417 g/mol. The van der Waals surface area contributed by atoms with E-state index in [0.717, 1.165) is 28.3 Å². The van der Waals surface area contributed by atoms with E-state index in [-0.39, 0.29) is 5.91 Å². The fourth-order valence-electron chi connectivity index (χ4n) is 2.87. The van der Waals surface area contributed by atoms with E-state index in [0.29, 0.717) is 17.3 Å². The summed E-state index contributed by atoms with van der Waals surface area (Å²) >= 11 is 9.37. The average Bonchev–Trinajstić information content (AvgIpc) is 3.35. The third-order valence-electron chi connectivity index (χ3n) is 4.44. The van der Waals surface area contributed by atoms with Gasteiger partial charge in [-0.2, -0.15) is 0 Å². The van der Waals surface area contributed by atoms with Crippen LogP contribution in [0, 0.1) is 6.92 Å². The number of fused-ring (bicyclic) bond motifs is 1. The Balaban J connectivity index is 1.57. The number of amides is 1. The van der Waals surface area contributed by atoms with E-state index >= 15 is 0 Å². The van der Waals surface area contributed by atoms with Crippen molar-refractivity contribution in [2.75, 3.05) is 13.6 Å². The number of nitrogens with zero attached hydrogens (tertiary/aromatic N) is 4. The Kier molecular flexibility index (Phi) is 4.99. The van der Waals surface area contributed by atoms with Crippen LogP contribution in [0.4, 0.5) is 0 Å². The lowest BCUT2D eigenvalue weighted by atomic mass is 10.2. The van der Waals surface area contributed by atoms with Gasteiger partial charge in [-0.15, -0.1) is 22.7 Å². The third-order valence-corrected chi connectivity index (χ3v) is 6.61. The Hall–Kier alpha value is -2.22. The van der Waals surface area contributed by atoms with Gasteiger partial charge in [-0.05, 0) is 13.0 Å². The van der Waals surface area contributed by atoms with Crippen molar-refractivity contribution >= 4 is 45.1 Å². The summed E-state index contributed by atoms with van der Waals surface area (Å²) in [7, 11) is 1.83. The van der Waals surface area contributed by atoms with Gasteiger partial charge in [0.2, 0.25) is 0 Å². The highest BCUT2D eigenvalue weighted by molar-refractivity contribution is 7.15. The lowest BCUT2D eigenvalue weighted by Crippen LogP contribution is -2.29. The second-order valence-electron chi connectivity index (χ2n) is 6.22. The molecular weight excluding hydrogens is 400 g/mol. The van der Waals surface area contributed by atoms with Crippen molar-refractivity contribution in [3.05, 3.63) is 62.6 Å². The van der Waals surface area contributed by atoms with Crippen molar-refractivity contribution in [2.45, 2.75) is 13.3 Å². The van der Waals surface area contributed by atoms with Crippen molar-refractivity contribution in [1.29, 1.82) is 0 Å². The predicted molar refractivity (Wildman–Crippen MR) is 111 cm³/mol. The molecule has 0 N–H and O–H groups in total. The van der Waals surface area contributed by atoms with Gasteiger partial charge in [-0.25, -0.2) is 9.97 Å². The molecule has 0 fully saturated rings. The highest BCUT2D eigenvalue weighted by Crippen LogP contribution is 2.29. The van der Waals surface area contributed by atoms with E-state index in [1.165, 1.54) is 16.2 Å². The SMILES string of the molecule is Cc1ncsc1CCN(C)C(=O)c1csc2nc(-c3ccccc3Cl)cn12. The lowest BCUT2D eigenvalue weighted by Gasteiger charge is -2.16. The number of imidazole rings is 1. The second-order valence-corrected chi connectivity index (χ2v) is 8.40. The highest BCUT2D eigenvalue weighted by atomic mass is 35.5. The van der Waals surface area contributed by atoms with Crippen LogP contribution in [0.15, 0.2) is 41.4 Å². The molecular formula is C19H17ClN4OS2. The summed E-state index contributed by atoms with van der Waals surface area (Å²) in [6, 6.07) is 7.58. The summed E-state index contributed by atoms with van der Waals surface area (Å²) in [4.78, 5) is 25.5. The first-order valence-corrected chi connectivity index (χ1v) is 10.5. The molecule has 0 bridgehead atoms. The van der Waals surface area contributed by atoms with Gasteiger partial charge in [-0.1, -0.05) is 29.8 Å². The highest BCUT2D eigenvalue weighted by Gasteiger charge is 2.19. The number of aromatic nitrogens is 3. The largest absolute Gasteiger partial charge is 0.340 e. The van der Waals surface area contributed by atoms with E-state index in [1.807, 2.05) is 59.7 Å². The Labute approximate surface area is 169 Å². The minimum absolute atomic E-state index is 0.0217. The topological polar surface area (TPSA) is 50.5 Å². The van der Waals surface area contributed by atoms with E-state index < -0.39 is 0 Å². The normalized spacial score (nSPS) is 11.2. The van der Waals surface area contributed by atoms with Gasteiger partial charge in [0.15, 0.2) is 4.96 Å². The first-order chi connectivity index (χ1) is 13.0. The van der Waals surface area contributed by atoms with E-state index in [4.69, 9.17) is 11.6 Å². The zero-order valence-electron chi connectivity index (χ0n) is 14.8. The molecule has 0 aliphatic rings. The van der Waals surface area contributed by atoms with Crippen LogP contribution in [0.5, 0.6) is 0 Å². The summed E-state index contributed by atoms with van der Waals surface area (Å²) in [5.74, 6) is -0.0217. The van der Waals surface area contributed by atoms with Crippen molar-refractivity contribution in [3.8, 4) is 11.3 Å². The van der Waals surface area contributed by atoms with Crippen LogP contribution < -0.4 is 0 Å². The maximum Gasteiger partial charge on any atom is 0.271 e. The fraction of sp³-hybridized carbons (Fsp3) is 0.211. The van der Waals surface area contributed by atoms with E-state index in [1.54, 1.807) is 16.2 Å². The number of hydrogen-bond acceptors (Lipinski definition) is 5. The molecule has 3 heterocycles. The summed E-state index contributed by atoms with van der Waals surface area (Å²) < 4.78 is 1.85. The summed E-state index contributed by atoms with van der Waals surface area (Å²) in [6.07, 6.45) is 2.68. The van der Waals surface area contributed by atoms with Gasteiger partial charge in [0.05, 0.1) is 21.9 Å². The van der Waals surface area contributed by atoms with E-state index in [2.05, 4.69) is 9.97 Å². The van der Waals surface area contributed by atoms with Crippen LogP contribution in [0.25, 0.3) is 16.2 Å². The molecule has 1 aromatic carbocycles. The number of benzene rings is 1. The number of thiazole rings is 2. The maximum absolute atomic E-state index is 12.9. The van der Waals surface area contributed by atoms with Gasteiger partial charge in [0, 0.05) is 42.0 Å². The molecule has 3 aromatic heterocycles. The first-order valence-electron chi connectivity index (χ1n) is 8.40. The third kappa shape index (κ3) is 3.50. The van der Waals surface area contributed by atoms with Crippen LogP contribution in [0.3, 0.4) is 0 Å². The van der Waals surface area contributed by atoms with Gasteiger partial charge in [0.1, 0.15) is 5.69 Å². The summed E-state index contributed by atoms with van der Waals surface area (Å²) in [5, 5.41) is 2.50. The zero-order valence-corrected chi connectivity index (χ0v) is 17.2. The monoisotopic (exact) mass is 416 g/mol. The standard InChI is InChI=1S/C19H17ClN4OS2/c1-12-17(27-11-21-12)7-8-23(2)18(25)16-10-26-19-22-15(9-24(16)19)13-5-3-4-6-14(13)20/h3-6,9-11H,7-8H2,1-2H3. The molecule has 0 aliphatic carbocycles. The van der Waals surface area contributed by atoms with Gasteiger partial charge >= 0.3 is 0 Å². The molecule has 0 unspecified atom stereocenters. The molecule has 4 rings (SSSR count). The molecule has 0 saturated carbocycles. The summed E-state index contributed by atoms with van der Waals surface area (Å²) in [5.41, 5.74) is 5.13. The number of carbonyl (C=O) groups is 1. The van der Waals surface area contributed by atoms with Gasteiger partial charge < -0.3 is 4.90 Å². The Morgan fingerprint density at radius 3 is 2.85 bits per heavy atom. The van der Waals surface area contributed by atoms with Crippen molar-refractivity contribution in [1.82, 2.24) is 19.3 Å². The van der Waals surface area contributed by atoms with Crippen molar-refractivity contribution < 1.29 is 4.79 Å². The van der Waals surface area contributed by atoms with E-state index in [9.17, 15) is 4.79 Å². The molecule has 0 spiro atoms. The number of halogens is 1.